The number of nitrogens with one attached hydrogen (secondary N) is 2. The van der Waals surface area contributed by atoms with E-state index in [9.17, 15) is 44.3 Å². The van der Waals surface area contributed by atoms with E-state index < -0.39 is 58.8 Å². The van der Waals surface area contributed by atoms with E-state index in [0.29, 0.717) is 32.3 Å². The minimum Gasteiger partial charge on any atom is -0.406 e. The van der Waals surface area contributed by atoms with Crippen molar-refractivity contribution in [2.45, 2.75) is 31.4 Å². The Bertz CT molecular complexity index is 1050. The zero-order valence-corrected chi connectivity index (χ0v) is 17.9. The van der Waals surface area contributed by atoms with Crippen LogP contribution in [0.25, 0.3) is 0 Å². The van der Waals surface area contributed by atoms with Gasteiger partial charge in [-0.3, -0.25) is 0 Å². The highest BCUT2D eigenvalue weighted by atomic mass is 19.4. The lowest BCUT2D eigenvalue weighted by Crippen LogP contribution is -2.34. The lowest BCUT2D eigenvalue weighted by atomic mass is 10.0. The summed E-state index contributed by atoms with van der Waals surface area (Å²) in [6.07, 6.45) is -15.1. The third-order valence-electron chi connectivity index (χ3n) is 4.95. The molecule has 1 aliphatic heterocycles. The maximum absolute atomic E-state index is 13.5. The molecule has 1 aromatic heterocycles. The number of alkyl halides is 9. The first-order valence-corrected chi connectivity index (χ1v) is 10.2. The van der Waals surface area contributed by atoms with Gasteiger partial charge in [0.25, 0.3) is 0 Å². The topological polar surface area (TPSA) is 85.4 Å². The molecule has 2 heterocycles. The summed E-state index contributed by atoms with van der Waals surface area (Å²) >= 11 is 0. The van der Waals surface area contributed by atoms with Crippen molar-refractivity contribution >= 4 is 17.7 Å². The van der Waals surface area contributed by atoms with Crippen molar-refractivity contribution in [2.75, 3.05) is 25.1 Å². The highest BCUT2D eigenvalue weighted by Crippen LogP contribution is 2.39. The van der Waals surface area contributed by atoms with Crippen LogP contribution in [0.2, 0.25) is 0 Å². The molecule has 2 aromatic rings. The van der Waals surface area contributed by atoms with Crippen LogP contribution in [0.3, 0.4) is 0 Å². The number of carbonyl (C=O) groups is 1. The zero-order valence-electron chi connectivity index (χ0n) is 17.9. The van der Waals surface area contributed by atoms with E-state index in [2.05, 4.69) is 20.0 Å². The fourth-order valence-electron chi connectivity index (χ4n) is 3.18. The number of amides is 1. The Morgan fingerprint density at radius 3 is 2.06 bits per heavy atom. The average Bonchev–Trinajstić information content (AvgIpc) is 2.77. The summed E-state index contributed by atoms with van der Waals surface area (Å²) < 4.78 is 128. The first-order chi connectivity index (χ1) is 16.6. The van der Waals surface area contributed by atoms with E-state index in [1.165, 1.54) is 0 Å². The quantitative estimate of drug-likeness (QED) is 0.475. The largest absolute Gasteiger partial charge is 0.437 e. The van der Waals surface area contributed by atoms with Gasteiger partial charge in [0.2, 0.25) is 5.95 Å². The van der Waals surface area contributed by atoms with Gasteiger partial charge in [0.1, 0.15) is 0 Å². The lowest BCUT2D eigenvalue weighted by Gasteiger charge is -2.22. The predicted octanol–water partition coefficient (Wildman–Crippen LogP) is 5.79. The standard InChI is InChI=1S/C20H17F9N4O3/c21-18(22,23)11-5-12(19(24,25)26)7-13(6-11)32-16-30-9-14(15(33-16)20(27,28)29)36-17(34)31-8-10-1-3-35-4-2-10/h5-7,9-10H,1-4,8H2,(H,31,34)(H,30,32,33). The first-order valence-electron chi connectivity index (χ1n) is 10.2. The number of anilines is 2. The van der Waals surface area contributed by atoms with Crippen molar-refractivity contribution in [3.63, 3.8) is 0 Å². The third-order valence-corrected chi connectivity index (χ3v) is 4.95. The van der Waals surface area contributed by atoms with Crippen molar-refractivity contribution in [1.82, 2.24) is 15.3 Å². The number of hydrogen-bond donors (Lipinski definition) is 2. The smallest absolute Gasteiger partial charge is 0.406 e. The third kappa shape index (κ3) is 7.35. The van der Waals surface area contributed by atoms with E-state index in [1.807, 2.05) is 5.32 Å². The molecule has 1 saturated heterocycles. The zero-order chi connectivity index (χ0) is 26.7. The highest BCUT2D eigenvalue weighted by Gasteiger charge is 2.39. The molecule has 2 N–H and O–H groups in total. The van der Waals surface area contributed by atoms with Gasteiger partial charge >= 0.3 is 24.6 Å². The van der Waals surface area contributed by atoms with Gasteiger partial charge < -0.3 is 20.1 Å². The molecule has 1 fully saturated rings. The molecule has 0 unspecified atom stereocenters. The number of hydrogen-bond acceptors (Lipinski definition) is 6. The van der Waals surface area contributed by atoms with Crippen LogP contribution in [0.5, 0.6) is 5.75 Å². The van der Waals surface area contributed by atoms with Crippen LogP contribution >= 0.6 is 0 Å². The molecule has 7 nitrogen and oxygen atoms in total. The monoisotopic (exact) mass is 532 g/mol. The van der Waals surface area contributed by atoms with Crippen LogP contribution in [-0.2, 0) is 23.3 Å². The van der Waals surface area contributed by atoms with E-state index >= 15 is 0 Å². The summed E-state index contributed by atoms with van der Waals surface area (Å²) in [6.45, 7) is 1.05. The molecular weight excluding hydrogens is 515 g/mol. The number of nitrogens with zero attached hydrogens (tertiary/aromatic N) is 2. The number of benzene rings is 1. The number of aromatic nitrogens is 2. The van der Waals surface area contributed by atoms with E-state index in [-0.39, 0.29) is 30.7 Å². The van der Waals surface area contributed by atoms with Gasteiger partial charge in [0.05, 0.1) is 17.3 Å². The molecule has 0 atom stereocenters. The molecule has 16 heteroatoms. The molecule has 0 radical (unpaired) electrons. The Morgan fingerprint density at radius 1 is 0.944 bits per heavy atom. The average molecular weight is 532 g/mol. The maximum atomic E-state index is 13.5. The van der Waals surface area contributed by atoms with Gasteiger partial charge in [-0.15, -0.1) is 0 Å². The van der Waals surface area contributed by atoms with Crippen molar-refractivity contribution in [3.05, 3.63) is 41.2 Å². The van der Waals surface area contributed by atoms with Crippen molar-refractivity contribution < 1.29 is 53.8 Å². The van der Waals surface area contributed by atoms with Crippen LogP contribution in [0, 0.1) is 5.92 Å². The molecule has 0 aliphatic carbocycles. The summed E-state index contributed by atoms with van der Waals surface area (Å²) in [4.78, 5) is 18.5. The number of carbonyl (C=O) groups excluding carboxylic acids is 1. The Labute approximate surface area is 197 Å². The van der Waals surface area contributed by atoms with Crippen LogP contribution in [0.4, 0.5) is 55.9 Å². The van der Waals surface area contributed by atoms with Crippen molar-refractivity contribution in [1.29, 1.82) is 0 Å². The van der Waals surface area contributed by atoms with Crippen LogP contribution in [-0.4, -0.2) is 35.8 Å². The van der Waals surface area contributed by atoms with Crippen molar-refractivity contribution in [2.24, 2.45) is 5.92 Å². The number of ether oxygens (including phenoxy) is 2. The highest BCUT2D eigenvalue weighted by molar-refractivity contribution is 5.70. The summed E-state index contributed by atoms with van der Waals surface area (Å²) in [5.74, 6) is -2.06. The van der Waals surface area contributed by atoms with E-state index in [4.69, 9.17) is 4.74 Å². The minimum atomic E-state index is -5.21. The Balaban J connectivity index is 1.82. The Kier molecular flexibility index (Phi) is 7.85. The van der Waals surface area contributed by atoms with E-state index in [1.54, 1.807) is 0 Å². The van der Waals surface area contributed by atoms with Gasteiger partial charge in [-0.05, 0) is 37.0 Å². The van der Waals surface area contributed by atoms with Gasteiger partial charge in [-0.2, -0.15) is 39.5 Å². The van der Waals surface area contributed by atoms with Gasteiger partial charge in [-0.1, -0.05) is 0 Å². The predicted molar refractivity (Wildman–Crippen MR) is 104 cm³/mol. The van der Waals surface area contributed by atoms with Gasteiger partial charge in [-0.25, -0.2) is 14.8 Å². The second kappa shape index (κ2) is 10.4. The summed E-state index contributed by atoms with van der Waals surface area (Å²) in [7, 11) is 0. The second-order valence-electron chi connectivity index (χ2n) is 7.65. The molecule has 0 bridgehead atoms. The van der Waals surface area contributed by atoms with Crippen molar-refractivity contribution in [3.8, 4) is 5.75 Å². The SMILES string of the molecule is O=C(NCC1CCOCC1)Oc1cnc(Nc2cc(C(F)(F)F)cc(C(F)(F)F)c2)nc1C(F)(F)F. The number of rotatable bonds is 5. The first kappa shape index (κ1) is 27.3. The summed E-state index contributed by atoms with van der Waals surface area (Å²) in [5, 5.41) is 4.21. The molecule has 1 amide bonds. The molecule has 3 rings (SSSR count). The van der Waals surface area contributed by atoms with Gasteiger partial charge in [0.15, 0.2) is 11.4 Å². The minimum absolute atomic E-state index is 0.0327. The maximum Gasteiger partial charge on any atom is 0.437 e. The second-order valence-corrected chi connectivity index (χ2v) is 7.65. The molecule has 36 heavy (non-hydrogen) atoms. The lowest BCUT2D eigenvalue weighted by molar-refractivity contribution is -0.143. The van der Waals surface area contributed by atoms with Crippen LogP contribution in [0.1, 0.15) is 29.7 Å². The molecule has 0 saturated carbocycles. The van der Waals surface area contributed by atoms with Crippen LogP contribution in [0.15, 0.2) is 24.4 Å². The fourth-order valence-corrected chi connectivity index (χ4v) is 3.18. The van der Waals surface area contributed by atoms with Crippen LogP contribution < -0.4 is 15.4 Å². The molecule has 1 aliphatic rings. The fraction of sp³-hybridized carbons (Fsp3) is 0.450. The summed E-state index contributed by atoms with van der Waals surface area (Å²) in [5.41, 5.74) is -6.04. The van der Waals surface area contributed by atoms with Gasteiger partial charge in [0, 0.05) is 25.4 Å². The normalized spacial score (nSPS) is 15.5. The van der Waals surface area contributed by atoms with E-state index in [0.717, 1.165) is 0 Å². The molecular formula is C20H17F9N4O3. The summed E-state index contributed by atoms with van der Waals surface area (Å²) in [6, 6.07) is 0.350. The molecule has 1 aromatic carbocycles. The Morgan fingerprint density at radius 2 is 1.53 bits per heavy atom. The molecule has 0 spiro atoms. The Hall–Kier alpha value is -3.30. The number of halogens is 9. The molecule has 198 valence electrons.